The van der Waals surface area contributed by atoms with Gasteiger partial charge in [-0.05, 0) is 66.7 Å². The Kier molecular flexibility index (Phi) is 5.76. The van der Waals surface area contributed by atoms with Crippen LogP contribution in [0.3, 0.4) is 0 Å². The summed E-state index contributed by atoms with van der Waals surface area (Å²) in [5.74, 6) is 2.33. The largest absolute Gasteiger partial charge is 0.486 e. The number of aromatic nitrogens is 1. The summed E-state index contributed by atoms with van der Waals surface area (Å²) in [6.45, 7) is 3.81. The minimum atomic E-state index is 0.529. The van der Waals surface area contributed by atoms with Crippen molar-refractivity contribution < 1.29 is 9.47 Å². The Morgan fingerprint density at radius 2 is 1.86 bits per heavy atom. The van der Waals surface area contributed by atoms with Crippen molar-refractivity contribution in [3.63, 3.8) is 0 Å². The first kappa shape index (κ1) is 19.0. The molecule has 148 valence electrons. The Labute approximate surface area is 175 Å². The van der Waals surface area contributed by atoms with Crippen molar-refractivity contribution in [2.45, 2.75) is 13.5 Å². The zero-order valence-electron chi connectivity index (χ0n) is 16.1. The number of benzene rings is 2. The van der Waals surface area contributed by atoms with Gasteiger partial charge in [-0.2, -0.15) is 0 Å². The molecule has 2 aromatic carbocycles. The molecule has 1 aliphatic rings. The van der Waals surface area contributed by atoms with E-state index in [-0.39, 0.29) is 0 Å². The zero-order valence-corrected chi connectivity index (χ0v) is 16.9. The number of nitrogens with one attached hydrogen (secondary N) is 3. The SMILES string of the molecule is Cc1cccc(Nc2ccc(NC(=S)NCc3ccc4c(c3)OCCO4)cn2)c1. The van der Waals surface area contributed by atoms with Crippen LogP contribution in [0.25, 0.3) is 0 Å². The normalized spacial score (nSPS) is 12.2. The fourth-order valence-electron chi connectivity index (χ4n) is 2.97. The molecule has 4 rings (SSSR count). The van der Waals surface area contributed by atoms with Gasteiger partial charge in [-0.25, -0.2) is 4.98 Å². The van der Waals surface area contributed by atoms with Crippen LogP contribution in [0.4, 0.5) is 17.2 Å². The number of thiocarbonyl (C=S) groups is 1. The van der Waals surface area contributed by atoms with Gasteiger partial charge < -0.3 is 25.4 Å². The predicted molar refractivity (Wildman–Crippen MR) is 119 cm³/mol. The quantitative estimate of drug-likeness (QED) is 0.543. The second-order valence-electron chi connectivity index (χ2n) is 6.71. The lowest BCUT2D eigenvalue weighted by Crippen LogP contribution is -2.28. The van der Waals surface area contributed by atoms with Gasteiger partial charge in [0.2, 0.25) is 0 Å². The third-order valence-corrected chi connectivity index (χ3v) is 4.62. The van der Waals surface area contributed by atoms with Crippen LogP contribution in [-0.4, -0.2) is 23.3 Å². The lowest BCUT2D eigenvalue weighted by molar-refractivity contribution is 0.171. The fraction of sp³-hybridized carbons (Fsp3) is 0.182. The van der Waals surface area contributed by atoms with E-state index in [9.17, 15) is 0 Å². The van der Waals surface area contributed by atoms with Crippen molar-refractivity contribution in [2.24, 2.45) is 0 Å². The number of hydrogen-bond acceptors (Lipinski definition) is 5. The number of nitrogens with zero attached hydrogens (tertiary/aromatic N) is 1. The van der Waals surface area contributed by atoms with Crippen molar-refractivity contribution in [1.82, 2.24) is 10.3 Å². The molecule has 1 aromatic heterocycles. The summed E-state index contributed by atoms with van der Waals surface area (Å²) >= 11 is 5.39. The van der Waals surface area contributed by atoms with Crippen LogP contribution in [0, 0.1) is 6.92 Å². The topological polar surface area (TPSA) is 67.4 Å². The van der Waals surface area contributed by atoms with Crippen molar-refractivity contribution in [3.05, 3.63) is 71.9 Å². The molecular formula is C22H22N4O2S. The highest BCUT2D eigenvalue weighted by Gasteiger charge is 2.11. The van der Waals surface area contributed by atoms with Gasteiger partial charge in [0, 0.05) is 12.2 Å². The van der Waals surface area contributed by atoms with Gasteiger partial charge in [0.25, 0.3) is 0 Å². The van der Waals surface area contributed by atoms with E-state index in [1.54, 1.807) is 6.20 Å². The minimum absolute atomic E-state index is 0.529. The van der Waals surface area contributed by atoms with E-state index in [1.165, 1.54) is 5.56 Å². The molecule has 1 aliphatic heterocycles. The molecule has 0 atom stereocenters. The molecule has 0 saturated carbocycles. The minimum Gasteiger partial charge on any atom is -0.486 e. The van der Waals surface area contributed by atoms with Crippen LogP contribution in [-0.2, 0) is 6.54 Å². The molecule has 6 nitrogen and oxygen atoms in total. The molecule has 0 amide bonds. The number of fused-ring (bicyclic) bond motifs is 1. The highest BCUT2D eigenvalue weighted by molar-refractivity contribution is 7.80. The van der Waals surface area contributed by atoms with Crippen LogP contribution < -0.4 is 25.4 Å². The summed E-state index contributed by atoms with van der Waals surface area (Å²) < 4.78 is 11.2. The van der Waals surface area contributed by atoms with Gasteiger partial charge in [0.05, 0.1) is 11.9 Å². The van der Waals surface area contributed by atoms with E-state index in [1.807, 2.05) is 42.5 Å². The van der Waals surface area contributed by atoms with E-state index < -0.39 is 0 Å². The maximum atomic E-state index is 5.61. The smallest absolute Gasteiger partial charge is 0.171 e. The zero-order chi connectivity index (χ0) is 20.1. The Hall–Kier alpha value is -3.32. The summed E-state index contributed by atoms with van der Waals surface area (Å²) in [6.07, 6.45) is 1.75. The van der Waals surface area contributed by atoms with Gasteiger partial charge in [-0.1, -0.05) is 18.2 Å². The Bertz CT molecular complexity index is 1010. The standard InChI is InChI=1S/C22H22N4O2S/c1-15-3-2-4-17(11-15)25-21-8-6-18(14-23-21)26-22(29)24-13-16-5-7-19-20(12-16)28-10-9-27-19/h2-8,11-12,14H,9-10,13H2,1H3,(H,23,25)(H2,24,26,29). The number of ether oxygens (including phenoxy) is 2. The van der Waals surface area contributed by atoms with E-state index in [0.717, 1.165) is 34.3 Å². The van der Waals surface area contributed by atoms with Gasteiger partial charge in [-0.15, -0.1) is 0 Å². The molecule has 0 saturated heterocycles. The van der Waals surface area contributed by atoms with Gasteiger partial charge >= 0.3 is 0 Å². The fourth-order valence-corrected chi connectivity index (χ4v) is 3.16. The van der Waals surface area contributed by atoms with E-state index in [2.05, 4.69) is 40.0 Å². The molecule has 3 aromatic rings. The summed E-state index contributed by atoms with van der Waals surface area (Å²) in [7, 11) is 0. The number of hydrogen-bond donors (Lipinski definition) is 3. The second kappa shape index (κ2) is 8.79. The van der Waals surface area contributed by atoms with E-state index >= 15 is 0 Å². The first-order valence-corrected chi connectivity index (χ1v) is 9.80. The van der Waals surface area contributed by atoms with E-state index in [4.69, 9.17) is 21.7 Å². The van der Waals surface area contributed by atoms with Crippen LogP contribution in [0.2, 0.25) is 0 Å². The number of aryl methyl sites for hydroxylation is 1. The Morgan fingerprint density at radius 1 is 1.00 bits per heavy atom. The van der Waals surface area contributed by atoms with Crippen molar-refractivity contribution >= 4 is 34.5 Å². The maximum Gasteiger partial charge on any atom is 0.171 e. The third-order valence-electron chi connectivity index (χ3n) is 4.37. The Morgan fingerprint density at radius 3 is 2.66 bits per heavy atom. The summed E-state index contributed by atoms with van der Waals surface area (Å²) in [5.41, 5.74) is 4.09. The highest BCUT2D eigenvalue weighted by atomic mass is 32.1. The number of anilines is 3. The molecule has 0 fully saturated rings. The molecule has 0 spiro atoms. The van der Waals surface area contributed by atoms with E-state index in [0.29, 0.717) is 24.9 Å². The molecule has 0 radical (unpaired) electrons. The lowest BCUT2D eigenvalue weighted by Gasteiger charge is -2.19. The highest BCUT2D eigenvalue weighted by Crippen LogP contribution is 2.30. The molecule has 0 bridgehead atoms. The lowest BCUT2D eigenvalue weighted by atomic mass is 10.2. The van der Waals surface area contributed by atoms with Crippen LogP contribution in [0.1, 0.15) is 11.1 Å². The molecule has 7 heteroatoms. The van der Waals surface area contributed by atoms with Crippen molar-refractivity contribution in [2.75, 3.05) is 23.8 Å². The third kappa shape index (κ3) is 5.14. The summed E-state index contributed by atoms with van der Waals surface area (Å²) in [6, 6.07) is 17.9. The van der Waals surface area contributed by atoms with Gasteiger partial charge in [0.15, 0.2) is 16.6 Å². The predicted octanol–water partition coefficient (Wildman–Crippen LogP) is 4.39. The second-order valence-corrected chi connectivity index (χ2v) is 7.12. The van der Waals surface area contributed by atoms with Crippen LogP contribution in [0.15, 0.2) is 60.8 Å². The average Bonchev–Trinajstić information content (AvgIpc) is 2.73. The number of pyridine rings is 1. The average molecular weight is 407 g/mol. The van der Waals surface area contributed by atoms with Crippen LogP contribution in [0.5, 0.6) is 11.5 Å². The monoisotopic (exact) mass is 406 g/mol. The molecule has 0 aliphatic carbocycles. The Balaban J connectivity index is 1.29. The first-order chi connectivity index (χ1) is 14.2. The maximum absolute atomic E-state index is 5.61. The first-order valence-electron chi connectivity index (χ1n) is 9.39. The molecule has 3 N–H and O–H groups in total. The van der Waals surface area contributed by atoms with Crippen molar-refractivity contribution in [1.29, 1.82) is 0 Å². The molecule has 2 heterocycles. The van der Waals surface area contributed by atoms with Crippen molar-refractivity contribution in [3.8, 4) is 11.5 Å². The molecular weight excluding hydrogens is 384 g/mol. The molecule has 29 heavy (non-hydrogen) atoms. The van der Waals surface area contributed by atoms with Crippen LogP contribution >= 0.6 is 12.2 Å². The molecule has 0 unspecified atom stereocenters. The van der Waals surface area contributed by atoms with Gasteiger partial charge in [0.1, 0.15) is 19.0 Å². The summed E-state index contributed by atoms with van der Waals surface area (Å²) in [4.78, 5) is 4.43. The van der Waals surface area contributed by atoms with Gasteiger partial charge in [-0.3, -0.25) is 0 Å². The number of rotatable bonds is 5. The summed E-state index contributed by atoms with van der Waals surface area (Å²) in [5, 5.41) is 10.2.